The third-order valence-corrected chi connectivity index (χ3v) is 2.07. The van der Waals surface area contributed by atoms with Gasteiger partial charge in [0.25, 0.3) is 6.47 Å². The van der Waals surface area contributed by atoms with Crippen molar-refractivity contribution in [2.45, 2.75) is 27.7 Å². The van der Waals surface area contributed by atoms with Crippen molar-refractivity contribution in [2.75, 3.05) is 26.4 Å². The van der Waals surface area contributed by atoms with Gasteiger partial charge in [-0.25, -0.2) is 0 Å². The van der Waals surface area contributed by atoms with E-state index in [1.165, 1.54) is 13.8 Å². The Labute approximate surface area is 130 Å². The fraction of sp³-hybridized carbons (Fsp3) is 0.533. The summed E-state index contributed by atoms with van der Waals surface area (Å²) in [5.74, 6) is -0.627. The number of esters is 2. The Morgan fingerprint density at radius 2 is 1.36 bits per heavy atom. The van der Waals surface area contributed by atoms with Gasteiger partial charge in [0.1, 0.15) is 19.8 Å². The molecule has 7 heteroatoms. The van der Waals surface area contributed by atoms with Crippen LogP contribution >= 0.6 is 0 Å². The Morgan fingerprint density at radius 3 is 1.73 bits per heavy atom. The van der Waals surface area contributed by atoms with Crippen LogP contribution in [0.4, 0.5) is 0 Å². The number of aliphatic hydroxyl groups is 1. The number of ether oxygens (including phenoxy) is 3. The average Bonchev–Trinajstić information content (AvgIpc) is 2.44. The highest BCUT2D eigenvalue weighted by molar-refractivity contribution is 5.66. The highest BCUT2D eigenvalue weighted by Gasteiger charge is 1.91. The summed E-state index contributed by atoms with van der Waals surface area (Å²) in [5, 5.41) is 8.49. The van der Waals surface area contributed by atoms with Crippen molar-refractivity contribution in [3.05, 3.63) is 23.3 Å². The van der Waals surface area contributed by atoms with Crippen molar-refractivity contribution >= 4 is 18.4 Å². The Hall–Kier alpha value is -2.15. The van der Waals surface area contributed by atoms with E-state index >= 15 is 0 Å². The maximum atomic E-state index is 10.3. The van der Waals surface area contributed by atoms with Crippen LogP contribution in [0, 0.1) is 0 Å². The van der Waals surface area contributed by atoms with Gasteiger partial charge in [0, 0.05) is 13.8 Å². The number of aliphatic hydroxyl groups excluding tert-OH is 1. The molecule has 0 unspecified atom stereocenters. The zero-order valence-corrected chi connectivity index (χ0v) is 13.5. The van der Waals surface area contributed by atoms with E-state index in [9.17, 15) is 14.4 Å². The van der Waals surface area contributed by atoms with Crippen molar-refractivity contribution in [1.29, 1.82) is 0 Å². The van der Waals surface area contributed by atoms with Gasteiger partial charge in [-0.1, -0.05) is 0 Å². The minimum Gasteiger partial charge on any atom is -0.463 e. The van der Waals surface area contributed by atoms with Crippen LogP contribution in [0.25, 0.3) is 0 Å². The maximum Gasteiger partial charge on any atom is 0.302 e. The third-order valence-electron chi connectivity index (χ3n) is 2.07. The molecular formula is C15H24O7. The molecule has 0 fully saturated rings. The lowest BCUT2D eigenvalue weighted by Gasteiger charge is -1.99. The molecule has 7 nitrogen and oxygen atoms in total. The van der Waals surface area contributed by atoms with E-state index in [0.29, 0.717) is 6.47 Å². The van der Waals surface area contributed by atoms with Crippen molar-refractivity contribution in [3.8, 4) is 0 Å². The molecule has 0 saturated carbocycles. The van der Waals surface area contributed by atoms with Gasteiger partial charge in [-0.05, 0) is 37.1 Å². The second-order valence-corrected chi connectivity index (χ2v) is 4.27. The summed E-state index contributed by atoms with van der Waals surface area (Å²) in [5.41, 5.74) is 1.66. The molecule has 0 aliphatic rings. The van der Waals surface area contributed by atoms with Gasteiger partial charge in [0.2, 0.25) is 0 Å². The summed E-state index contributed by atoms with van der Waals surface area (Å²) in [6.45, 7) is 7.35. The van der Waals surface area contributed by atoms with E-state index in [1.54, 1.807) is 26.0 Å². The molecule has 126 valence electrons. The zero-order valence-electron chi connectivity index (χ0n) is 13.5. The van der Waals surface area contributed by atoms with E-state index in [2.05, 4.69) is 14.2 Å². The third kappa shape index (κ3) is 20.2. The van der Waals surface area contributed by atoms with E-state index < -0.39 is 0 Å². The Kier molecular flexibility index (Phi) is 15.3. The van der Waals surface area contributed by atoms with Crippen LogP contribution in [0.2, 0.25) is 0 Å². The molecule has 0 aromatic carbocycles. The second-order valence-electron chi connectivity index (χ2n) is 4.27. The first-order chi connectivity index (χ1) is 10.3. The van der Waals surface area contributed by atoms with Gasteiger partial charge >= 0.3 is 11.9 Å². The molecule has 0 aromatic rings. The van der Waals surface area contributed by atoms with Crippen molar-refractivity contribution in [1.82, 2.24) is 0 Å². The minimum absolute atomic E-state index is 0.0151. The molecule has 0 bridgehead atoms. The first-order valence-electron chi connectivity index (χ1n) is 6.57. The molecule has 0 heterocycles. The monoisotopic (exact) mass is 316 g/mol. The van der Waals surface area contributed by atoms with Gasteiger partial charge in [-0.15, -0.1) is 0 Å². The fourth-order valence-electron chi connectivity index (χ4n) is 0.892. The van der Waals surface area contributed by atoms with E-state index in [4.69, 9.17) is 5.11 Å². The fourth-order valence-corrected chi connectivity index (χ4v) is 0.892. The van der Waals surface area contributed by atoms with Crippen LogP contribution in [0.15, 0.2) is 23.3 Å². The number of rotatable bonds is 8. The first kappa shape index (κ1) is 22.1. The van der Waals surface area contributed by atoms with Crippen molar-refractivity contribution in [2.24, 2.45) is 0 Å². The highest BCUT2D eigenvalue weighted by Crippen LogP contribution is 1.92. The normalized spacial score (nSPS) is 11.0. The Bertz CT molecular complexity index is 397. The molecule has 0 saturated heterocycles. The first-order valence-corrected chi connectivity index (χ1v) is 6.57. The zero-order chi connectivity index (χ0) is 17.4. The molecule has 1 N–H and O–H groups in total. The molecule has 0 aliphatic carbocycles. The molecule has 0 aliphatic heterocycles. The molecule has 0 spiro atoms. The summed E-state index contributed by atoms with van der Waals surface area (Å²) in [4.78, 5) is 30.3. The Balaban J connectivity index is 0. The molecule has 22 heavy (non-hydrogen) atoms. The standard InChI is InChI=1S/C8H12O4.C7H12O3/c1-7(5-11-6-9)3-4-12-8(2)10;1-6(5-8)3-4-10-7(2)9/h3,6H,4-5H2,1-2H3;3,8H,4-5H2,1-2H3. The maximum absolute atomic E-state index is 10.3. The van der Waals surface area contributed by atoms with Gasteiger partial charge in [0.05, 0.1) is 6.61 Å². The van der Waals surface area contributed by atoms with Crippen LogP contribution in [0.3, 0.4) is 0 Å². The molecule has 0 radical (unpaired) electrons. The van der Waals surface area contributed by atoms with E-state index in [-0.39, 0.29) is 38.4 Å². The summed E-state index contributed by atoms with van der Waals surface area (Å²) in [6, 6.07) is 0. The quantitative estimate of drug-likeness (QED) is 0.310. The lowest BCUT2D eigenvalue weighted by molar-refractivity contribution is -0.140. The number of hydrogen-bond donors (Lipinski definition) is 1. The van der Waals surface area contributed by atoms with Crippen LogP contribution in [-0.2, 0) is 28.6 Å². The smallest absolute Gasteiger partial charge is 0.302 e. The molecule has 0 atom stereocenters. The van der Waals surface area contributed by atoms with E-state index in [1.807, 2.05) is 0 Å². The van der Waals surface area contributed by atoms with Crippen LogP contribution in [-0.4, -0.2) is 49.9 Å². The summed E-state index contributed by atoms with van der Waals surface area (Å²) in [6.07, 6.45) is 3.35. The van der Waals surface area contributed by atoms with Crippen molar-refractivity contribution in [3.63, 3.8) is 0 Å². The van der Waals surface area contributed by atoms with Gasteiger partial charge < -0.3 is 19.3 Å². The predicted octanol–water partition coefficient (Wildman–Crippen LogP) is 1.16. The molecule has 0 amide bonds. The second kappa shape index (κ2) is 15.2. The molecular weight excluding hydrogens is 292 g/mol. The summed E-state index contributed by atoms with van der Waals surface area (Å²) >= 11 is 0. The summed E-state index contributed by atoms with van der Waals surface area (Å²) < 4.78 is 13.7. The van der Waals surface area contributed by atoms with Gasteiger partial charge in [0.15, 0.2) is 0 Å². The topological polar surface area (TPSA) is 99.1 Å². The number of hydrogen-bond acceptors (Lipinski definition) is 7. The van der Waals surface area contributed by atoms with Crippen LogP contribution in [0.5, 0.6) is 0 Å². The number of carbonyl (C=O) groups excluding carboxylic acids is 3. The highest BCUT2D eigenvalue weighted by atomic mass is 16.5. The van der Waals surface area contributed by atoms with Gasteiger partial charge in [-0.3, -0.25) is 14.4 Å². The Morgan fingerprint density at radius 1 is 0.909 bits per heavy atom. The van der Waals surface area contributed by atoms with Crippen LogP contribution < -0.4 is 0 Å². The average molecular weight is 316 g/mol. The molecule has 0 aromatic heterocycles. The summed E-state index contributed by atoms with van der Waals surface area (Å²) in [7, 11) is 0. The lowest BCUT2D eigenvalue weighted by Crippen LogP contribution is -2.00. The lowest BCUT2D eigenvalue weighted by atomic mass is 10.3. The predicted molar refractivity (Wildman–Crippen MR) is 79.9 cm³/mol. The minimum atomic E-state index is -0.324. The SMILES string of the molecule is CC(=O)OCC=C(C)CO.CC(=O)OCC=C(C)COC=O. The molecule has 0 rings (SSSR count). The largest absolute Gasteiger partial charge is 0.463 e. The number of carbonyl (C=O) groups is 3. The van der Waals surface area contributed by atoms with E-state index in [0.717, 1.165) is 11.1 Å². The van der Waals surface area contributed by atoms with Crippen LogP contribution in [0.1, 0.15) is 27.7 Å². The van der Waals surface area contributed by atoms with Crippen molar-refractivity contribution < 1.29 is 33.7 Å². The van der Waals surface area contributed by atoms with Gasteiger partial charge in [-0.2, -0.15) is 0 Å².